The van der Waals surface area contributed by atoms with Crippen molar-refractivity contribution in [2.24, 2.45) is 5.73 Å². The predicted octanol–water partition coefficient (Wildman–Crippen LogP) is 1.85. The van der Waals surface area contributed by atoms with Crippen LogP contribution in [0.4, 0.5) is 0 Å². The second kappa shape index (κ2) is 6.58. The number of hydrogen-bond donors (Lipinski definition) is 1. The summed E-state index contributed by atoms with van der Waals surface area (Å²) >= 11 is 1.64. The largest absolute Gasteiger partial charge is 0.496 e. The third kappa shape index (κ3) is 3.27. The van der Waals surface area contributed by atoms with Crippen LogP contribution >= 0.6 is 11.8 Å². The van der Waals surface area contributed by atoms with Crippen molar-refractivity contribution in [3.8, 4) is 5.75 Å². The first-order valence-corrected chi connectivity index (χ1v) is 7.09. The highest BCUT2D eigenvalue weighted by Crippen LogP contribution is 2.27. The van der Waals surface area contributed by atoms with E-state index in [4.69, 9.17) is 10.5 Å². The van der Waals surface area contributed by atoms with Gasteiger partial charge in [-0.2, -0.15) is 0 Å². The number of nitrogens with zero attached hydrogens (tertiary/aromatic N) is 3. The van der Waals surface area contributed by atoms with Gasteiger partial charge in [0.05, 0.1) is 7.11 Å². The highest BCUT2D eigenvalue weighted by Gasteiger charge is 2.10. The van der Waals surface area contributed by atoms with Gasteiger partial charge in [0.25, 0.3) is 0 Å². The molecule has 0 saturated carbocycles. The lowest BCUT2D eigenvalue weighted by atomic mass is 10.2. The first-order valence-electron chi connectivity index (χ1n) is 6.10. The summed E-state index contributed by atoms with van der Waals surface area (Å²) in [6.07, 6.45) is 0. The SMILES string of the molecule is COc1ccccc1CSc1nnc(C)n1CCN. The molecule has 2 rings (SSSR count). The smallest absolute Gasteiger partial charge is 0.191 e. The number of aryl methyl sites for hydroxylation is 1. The van der Waals surface area contributed by atoms with Gasteiger partial charge in [-0.15, -0.1) is 10.2 Å². The van der Waals surface area contributed by atoms with Crippen molar-refractivity contribution < 1.29 is 4.74 Å². The minimum absolute atomic E-state index is 0.584. The number of aromatic nitrogens is 3. The van der Waals surface area contributed by atoms with Crippen LogP contribution in [0.5, 0.6) is 5.75 Å². The molecule has 1 heterocycles. The van der Waals surface area contributed by atoms with E-state index in [0.29, 0.717) is 6.54 Å². The van der Waals surface area contributed by atoms with Gasteiger partial charge in [0.2, 0.25) is 0 Å². The maximum atomic E-state index is 5.60. The van der Waals surface area contributed by atoms with Crippen molar-refractivity contribution in [1.82, 2.24) is 14.8 Å². The fraction of sp³-hybridized carbons (Fsp3) is 0.385. The zero-order valence-corrected chi connectivity index (χ0v) is 12.0. The van der Waals surface area contributed by atoms with E-state index in [2.05, 4.69) is 16.3 Å². The maximum Gasteiger partial charge on any atom is 0.191 e. The molecule has 19 heavy (non-hydrogen) atoms. The van der Waals surface area contributed by atoms with Crippen LogP contribution < -0.4 is 10.5 Å². The van der Waals surface area contributed by atoms with Crippen LogP contribution in [0.3, 0.4) is 0 Å². The van der Waals surface area contributed by atoms with E-state index in [-0.39, 0.29) is 0 Å². The van der Waals surface area contributed by atoms with E-state index in [1.807, 2.05) is 29.7 Å². The molecule has 1 aromatic carbocycles. The highest BCUT2D eigenvalue weighted by molar-refractivity contribution is 7.98. The third-order valence-corrected chi connectivity index (χ3v) is 3.82. The second-order valence-corrected chi connectivity index (χ2v) is 5.01. The summed E-state index contributed by atoms with van der Waals surface area (Å²) in [5, 5.41) is 9.18. The zero-order valence-electron chi connectivity index (χ0n) is 11.2. The minimum atomic E-state index is 0.584. The van der Waals surface area contributed by atoms with Crippen LogP contribution in [0.2, 0.25) is 0 Å². The molecule has 0 fully saturated rings. The normalized spacial score (nSPS) is 10.7. The molecule has 1 aromatic heterocycles. The number of methoxy groups -OCH3 is 1. The van der Waals surface area contributed by atoms with Crippen LogP contribution in [0.25, 0.3) is 0 Å². The van der Waals surface area contributed by atoms with Crippen molar-refractivity contribution in [1.29, 1.82) is 0 Å². The van der Waals surface area contributed by atoms with Gasteiger partial charge in [0.15, 0.2) is 5.16 Å². The molecule has 0 radical (unpaired) electrons. The Hall–Kier alpha value is -1.53. The quantitative estimate of drug-likeness (QED) is 0.817. The van der Waals surface area contributed by atoms with Crippen LogP contribution in [0.1, 0.15) is 11.4 Å². The van der Waals surface area contributed by atoms with Crippen molar-refractivity contribution in [2.45, 2.75) is 24.4 Å². The molecule has 0 unspecified atom stereocenters. The van der Waals surface area contributed by atoms with Gasteiger partial charge in [-0.05, 0) is 13.0 Å². The predicted molar refractivity (Wildman–Crippen MR) is 76.4 cm³/mol. The van der Waals surface area contributed by atoms with Crippen LogP contribution in [-0.2, 0) is 12.3 Å². The first kappa shape index (κ1) is 13.9. The van der Waals surface area contributed by atoms with Crippen molar-refractivity contribution in [3.05, 3.63) is 35.7 Å². The average molecular weight is 278 g/mol. The van der Waals surface area contributed by atoms with Gasteiger partial charge in [-0.25, -0.2) is 0 Å². The zero-order chi connectivity index (χ0) is 13.7. The van der Waals surface area contributed by atoms with E-state index in [1.54, 1.807) is 18.9 Å². The molecule has 0 aliphatic carbocycles. The molecule has 0 aliphatic heterocycles. The Bertz CT molecular complexity index is 541. The van der Waals surface area contributed by atoms with Crippen LogP contribution in [-0.4, -0.2) is 28.4 Å². The Balaban J connectivity index is 2.10. The summed E-state index contributed by atoms with van der Waals surface area (Å²) in [4.78, 5) is 0. The third-order valence-electron chi connectivity index (χ3n) is 2.80. The lowest BCUT2D eigenvalue weighted by Crippen LogP contribution is -2.12. The summed E-state index contributed by atoms with van der Waals surface area (Å²) in [6.45, 7) is 3.27. The van der Waals surface area contributed by atoms with Crippen LogP contribution in [0.15, 0.2) is 29.4 Å². The standard InChI is InChI=1S/C13H18N4OS/c1-10-15-16-13(17(10)8-7-14)19-9-11-5-3-4-6-12(11)18-2/h3-6H,7-9,14H2,1-2H3. The number of hydrogen-bond acceptors (Lipinski definition) is 5. The van der Waals surface area contributed by atoms with Crippen molar-refractivity contribution in [2.75, 3.05) is 13.7 Å². The Morgan fingerprint density at radius 1 is 1.32 bits per heavy atom. The summed E-state index contributed by atoms with van der Waals surface area (Å²) in [6, 6.07) is 8.00. The molecule has 6 heteroatoms. The van der Waals surface area contributed by atoms with E-state index in [0.717, 1.165) is 34.6 Å². The second-order valence-electron chi connectivity index (χ2n) is 4.07. The lowest BCUT2D eigenvalue weighted by molar-refractivity contribution is 0.411. The number of rotatable bonds is 6. The maximum absolute atomic E-state index is 5.60. The summed E-state index contributed by atoms with van der Waals surface area (Å²) in [5.74, 6) is 2.59. The van der Waals surface area contributed by atoms with Crippen LogP contribution in [0, 0.1) is 6.92 Å². The highest BCUT2D eigenvalue weighted by atomic mass is 32.2. The molecular formula is C13H18N4OS. The summed E-state index contributed by atoms with van der Waals surface area (Å²) in [5.41, 5.74) is 6.75. The summed E-state index contributed by atoms with van der Waals surface area (Å²) in [7, 11) is 1.69. The van der Waals surface area contributed by atoms with Gasteiger partial charge in [-0.3, -0.25) is 0 Å². The fourth-order valence-corrected chi connectivity index (χ4v) is 2.82. The molecule has 0 aliphatic rings. The molecule has 0 atom stereocenters. The minimum Gasteiger partial charge on any atom is -0.496 e. The topological polar surface area (TPSA) is 66.0 Å². The van der Waals surface area contributed by atoms with E-state index in [1.165, 1.54) is 0 Å². The fourth-order valence-electron chi connectivity index (χ4n) is 1.82. The Morgan fingerprint density at radius 3 is 2.84 bits per heavy atom. The molecule has 0 amide bonds. The Kier molecular flexibility index (Phi) is 4.81. The van der Waals surface area contributed by atoms with E-state index >= 15 is 0 Å². The molecule has 2 aromatic rings. The van der Waals surface area contributed by atoms with Gasteiger partial charge >= 0.3 is 0 Å². The lowest BCUT2D eigenvalue weighted by Gasteiger charge is -2.09. The van der Waals surface area contributed by atoms with Gasteiger partial charge < -0.3 is 15.0 Å². The number of thioether (sulfide) groups is 1. The number of nitrogens with two attached hydrogens (primary N) is 1. The van der Waals surface area contributed by atoms with Gasteiger partial charge in [0, 0.05) is 24.4 Å². The molecular weight excluding hydrogens is 260 g/mol. The molecule has 102 valence electrons. The number of benzene rings is 1. The molecule has 0 spiro atoms. The van der Waals surface area contributed by atoms with E-state index < -0.39 is 0 Å². The number of ether oxygens (including phenoxy) is 1. The van der Waals surface area contributed by atoms with Gasteiger partial charge in [0.1, 0.15) is 11.6 Å². The molecule has 0 bridgehead atoms. The molecule has 2 N–H and O–H groups in total. The monoisotopic (exact) mass is 278 g/mol. The van der Waals surface area contributed by atoms with Crippen molar-refractivity contribution >= 4 is 11.8 Å². The van der Waals surface area contributed by atoms with Gasteiger partial charge in [-0.1, -0.05) is 30.0 Å². The first-order chi connectivity index (χ1) is 9.26. The Labute approximate surface area is 117 Å². The molecule has 5 nitrogen and oxygen atoms in total. The Morgan fingerprint density at radius 2 is 2.11 bits per heavy atom. The van der Waals surface area contributed by atoms with E-state index in [9.17, 15) is 0 Å². The molecule has 0 saturated heterocycles. The number of para-hydroxylation sites is 1. The van der Waals surface area contributed by atoms with Crippen molar-refractivity contribution in [3.63, 3.8) is 0 Å². The average Bonchev–Trinajstić information content (AvgIpc) is 2.78. The summed E-state index contributed by atoms with van der Waals surface area (Å²) < 4.78 is 7.38.